The third-order valence-electron chi connectivity index (χ3n) is 2.47. The first-order valence-corrected chi connectivity index (χ1v) is 7.43. The van der Waals surface area contributed by atoms with Crippen LogP contribution in [0.25, 0.3) is 0 Å². The molecule has 1 atom stereocenters. The molecule has 0 heterocycles. The molecule has 0 aromatic heterocycles. The van der Waals surface area contributed by atoms with Gasteiger partial charge in [-0.1, -0.05) is 23.7 Å². The lowest BCUT2D eigenvalue weighted by molar-refractivity contribution is 0.620. The third-order valence-corrected chi connectivity index (χ3v) is 4.82. The number of alkyl halides is 1. The zero-order valence-electron chi connectivity index (χ0n) is 8.93. The van der Waals surface area contributed by atoms with E-state index in [0.717, 1.165) is 15.6 Å². The molecule has 1 unspecified atom stereocenters. The van der Waals surface area contributed by atoms with Gasteiger partial charge in [0.1, 0.15) is 5.82 Å². The fourth-order valence-electron chi connectivity index (χ4n) is 1.53. The Bertz CT molecular complexity index is 536. The van der Waals surface area contributed by atoms with Gasteiger partial charge in [-0.3, -0.25) is 0 Å². The molecule has 94 valence electrons. The van der Waals surface area contributed by atoms with E-state index in [-0.39, 0.29) is 11.2 Å². The molecule has 0 saturated heterocycles. The molecule has 2 rings (SSSR count). The molecule has 2 aromatic rings. The molecule has 0 aliphatic carbocycles. The average Bonchev–Trinajstić information content (AvgIpc) is 2.35. The van der Waals surface area contributed by atoms with Gasteiger partial charge in [-0.25, -0.2) is 4.39 Å². The van der Waals surface area contributed by atoms with Gasteiger partial charge in [0.15, 0.2) is 0 Å². The van der Waals surface area contributed by atoms with Crippen LogP contribution in [0.15, 0.2) is 45.3 Å². The van der Waals surface area contributed by atoms with Crippen LogP contribution in [0.5, 0.6) is 0 Å². The maximum Gasteiger partial charge on any atom is 0.137 e. The van der Waals surface area contributed by atoms with Gasteiger partial charge in [-0.05, 0) is 67.3 Å². The van der Waals surface area contributed by atoms with Crippen LogP contribution in [0.4, 0.5) is 4.39 Å². The molecule has 0 aliphatic rings. The van der Waals surface area contributed by atoms with Crippen molar-refractivity contribution in [3.8, 4) is 0 Å². The minimum Gasteiger partial charge on any atom is -0.206 e. The van der Waals surface area contributed by atoms with Gasteiger partial charge in [-0.2, -0.15) is 0 Å². The van der Waals surface area contributed by atoms with E-state index in [0.29, 0.717) is 9.50 Å². The summed E-state index contributed by atoms with van der Waals surface area (Å²) in [5.41, 5.74) is 1.67. The van der Waals surface area contributed by atoms with E-state index in [4.69, 9.17) is 23.2 Å². The lowest BCUT2D eigenvalue weighted by atomic mass is 10.0. The second kappa shape index (κ2) is 5.91. The smallest absolute Gasteiger partial charge is 0.137 e. The zero-order valence-corrected chi connectivity index (χ0v) is 13.6. The highest BCUT2D eigenvalue weighted by atomic mass is 79.9. The summed E-state index contributed by atoms with van der Waals surface area (Å²) in [7, 11) is 0. The quantitative estimate of drug-likeness (QED) is 0.505. The molecule has 0 aliphatic heterocycles. The van der Waals surface area contributed by atoms with Crippen molar-refractivity contribution in [3.05, 3.63) is 67.3 Å². The fraction of sp³-hybridized carbons (Fsp3) is 0.0769. The molecule has 0 spiro atoms. The average molecular weight is 413 g/mol. The normalized spacial score (nSPS) is 12.5. The SMILES string of the molecule is Fc1ccc(C(Cl)c2ccc(Br)c(Cl)c2)cc1Br. The standard InChI is InChI=1S/C13H7Br2Cl2F/c14-9-3-1-8(6-11(9)16)13(17)7-2-4-12(18)10(15)5-7/h1-6,13H. The summed E-state index contributed by atoms with van der Waals surface area (Å²) in [6, 6.07) is 10.2. The Morgan fingerprint density at radius 2 is 1.56 bits per heavy atom. The van der Waals surface area contributed by atoms with Gasteiger partial charge in [0.25, 0.3) is 0 Å². The van der Waals surface area contributed by atoms with Crippen LogP contribution in [-0.4, -0.2) is 0 Å². The Kier molecular flexibility index (Phi) is 4.70. The van der Waals surface area contributed by atoms with Crippen LogP contribution < -0.4 is 0 Å². The van der Waals surface area contributed by atoms with Crippen molar-refractivity contribution >= 4 is 55.1 Å². The summed E-state index contributed by atoms with van der Waals surface area (Å²) in [6.45, 7) is 0. The van der Waals surface area contributed by atoms with Crippen LogP contribution in [0, 0.1) is 5.82 Å². The van der Waals surface area contributed by atoms with Gasteiger partial charge in [0, 0.05) is 4.47 Å². The second-order valence-corrected chi connectivity index (χ2v) is 6.26. The molecular weight excluding hydrogens is 406 g/mol. The molecule has 2 aromatic carbocycles. The van der Waals surface area contributed by atoms with Crippen molar-refractivity contribution in [2.45, 2.75) is 5.38 Å². The molecule has 0 amide bonds. The largest absolute Gasteiger partial charge is 0.206 e. The third kappa shape index (κ3) is 3.08. The summed E-state index contributed by atoms with van der Waals surface area (Å²) in [4.78, 5) is 0. The number of benzene rings is 2. The monoisotopic (exact) mass is 410 g/mol. The van der Waals surface area contributed by atoms with E-state index in [9.17, 15) is 4.39 Å². The van der Waals surface area contributed by atoms with Crippen molar-refractivity contribution in [1.82, 2.24) is 0 Å². The van der Waals surface area contributed by atoms with Crippen molar-refractivity contribution in [3.63, 3.8) is 0 Å². The molecule has 0 bridgehead atoms. The number of halogens is 5. The summed E-state index contributed by atoms with van der Waals surface area (Å²) in [5.74, 6) is -0.309. The van der Waals surface area contributed by atoms with Gasteiger partial charge < -0.3 is 0 Å². The van der Waals surface area contributed by atoms with Crippen LogP contribution >= 0.6 is 55.1 Å². The Labute approximate surface area is 131 Å². The van der Waals surface area contributed by atoms with E-state index in [1.807, 2.05) is 12.1 Å². The van der Waals surface area contributed by atoms with Crippen molar-refractivity contribution in [2.24, 2.45) is 0 Å². The van der Waals surface area contributed by atoms with Crippen LogP contribution in [0.1, 0.15) is 16.5 Å². The van der Waals surface area contributed by atoms with E-state index in [1.54, 1.807) is 18.2 Å². The van der Waals surface area contributed by atoms with Crippen molar-refractivity contribution in [2.75, 3.05) is 0 Å². The summed E-state index contributed by atoms with van der Waals surface area (Å²) in [5, 5.41) is 0.229. The Morgan fingerprint density at radius 3 is 2.17 bits per heavy atom. The van der Waals surface area contributed by atoms with E-state index in [2.05, 4.69) is 31.9 Å². The number of hydrogen-bond acceptors (Lipinski definition) is 0. The molecule has 18 heavy (non-hydrogen) atoms. The highest BCUT2D eigenvalue weighted by molar-refractivity contribution is 9.10. The molecule has 0 radical (unpaired) electrons. The summed E-state index contributed by atoms with van der Waals surface area (Å²) >= 11 is 18.9. The zero-order chi connectivity index (χ0) is 13.3. The van der Waals surface area contributed by atoms with Crippen LogP contribution in [-0.2, 0) is 0 Å². The molecular formula is C13H7Br2Cl2F. The second-order valence-electron chi connectivity index (χ2n) is 3.71. The first-order chi connectivity index (χ1) is 8.49. The van der Waals surface area contributed by atoms with Gasteiger partial charge >= 0.3 is 0 Å². The molecule has 0 N–H and O–H groups in total. The lowest BCUT2D eigenvalue weighted by Crippen LogP contribution is -1.94. The molecule has 0 saturated carbocycles. The first kappa shape index (κ1) is 14.3. The predicted octanol–water partition coefficient (Wildman–Crippen LogP) is 6.33. The van der Waals surface area contributed by atoms with E-state index < -0.39 is 0 Å². The first-order valence-electron chi connectivity index (χ1n) is 5.03. The number of hydrogen-bond donors (Lipinski definition) is 0. The maximum absolute atomic E-state index is 13.2. The molecule has 5 heteroatoms. The van der Waals surface area contributed by atoms with E-state index >= 15 is 0 Å². The topological polar surface area (TPSA) is 0 Å². The lowest BCUT2D eigenvalue weighted by Gasteiger charge is -2.12. The van der Waals surface area contributed by atoms with Crippen molar-refractivity contribution < 1.29 is 4.39 Å². The van der Waals surface area contributed by atoms with Crippen LogP contribution in [0.3, 0.4) is 0 Å². The van der Waals surface area contributed by atoms with Gasteiger partial charge in [0.05, 0.1) is 14.9 Å². The van der Waals surface area contributed by atoms with E-state index in [1.165, 1.54) is 6.07 Å². The Hall–Kier alpha value is -0.0900. The highest BCUT2D eigenvalue weighted by Gasteiger charge is 2.13. The highest BCUT2D eigenvalue weighted by Crippen LogP contribution is 2.34. The Balaban J connectivity index is 2.37. The van der Waals surface area contributed by atoms with Crippen LogP contribution in [0.2, 0.25) is 5.02 Å². The minimum absolute atomic E-state index is 0.309. The summed E-state index contributed by atoms with van der Waals surface area (Å²) < 4.78 is 14.4. The van der Waals surface area contributed by atoms with Gasteiger partial charge in [-0.15, -0.1) is 11.6 Å². The predicted molar refractivity (Wildman–Crippen MR) is 80.9 cm³/mol. The minimum atomic E-state index is -0.368. The fourth-order valence-corrected chi connectivity index (χ4v) is 2.64. The maximum atomic E-state index is 13.2. The molecule has 0 nitrogen and oxygen atoms in total. The van der Waals surface area contributed by atoms with Crippen molar-refractivity contribution in [1.29, 1.82) is 0 Å². The summed E-state index contributed by atoms with van der Waals surface area (Å²) in [6.07, 6.45) is 0. The molecule has 0 fully saturated rings. The number of rotatable bonds is 2. The van der Waals surface area contributed by atoms with Gasteiger partial charge in [0.2, 0.25) is 0 Å². The Morgan fingerprint density at radius 1 is 0.944 bits per heavy atom.